The summed E-state index contributed by atoms with van der Waals surface area (Å²) in [5.41, 5.74) is 6.79. The number of nitrogens with two attached hydrogens (primary N) is 1. The van der Waals surface area contributed by atoms with Gasteiger partial charge in [-0.3, -0.25) is 4.79 Å². The summed E-state index contributed by atoms with van der Waals surface area (Å²) in [5.74, 6) is -0.0597. The summed E-state index contributed by atoms with van der Waals surface area (Å²) in [4.78, 5) is 11.8. The SMILES string of the molecule is CCC(N)C(=O)NC(C)(C)CCc1ccccc1. The minimum absolute atomic E-state index is 0.0597. The van der Waals surface area contributed by atoms with Gasteiger partial charge in [-0.2, -0.15) is 0 Å². The lowest BCUT2D eigenvalue weighted by atomic mass is 9.94. The highest BCUT2D eigenvalue weighted by atomic mass is 16.2. The van der Waals surface area contributed by atoms with Gasteiger partial charge in [-0.05, 0) is 38.7 Å². The van der Waals surface area contributed by atoms with Crippen molar-refractivity contribution in [3.63, 3.8) is 0 Å². The molecule has 1 atom stereocenters. The van der Waals surface area contributed by atoms with Crippen LogP contribution in [0.5, 0.6) is 0 Å². The van der Waals surface area contributed by atoms with Gasteiger partial charge < -0.3 is 11.1 Å². The number of aryl methyl sites for hydroxylation is 1. The van der Waals surface area contributed by atoms with E-state index < -0.39 is 6.04 Å². The number of rotatable bonds is 6. The van der Waals surface area contributed by atoms with E-state index in [4.69, 9.17) is 5.73 Å². The average Bonchev–Trinajstić information content (AvgIpc) is 2.36. The second kappa shape index (κ2) is 6.55. The Hall–Kier alpha value is -1.35. The maximum absolute atomic E-state index is 11.8. The number of amides is 1. The number of hydrogen-bond acceptors (Lipinski definition) is 2. The van der Waals surface area contributed by atoms with E-state index in [2.05, 4.69) is 17.4 Å². The molecule has 0 bridgehead atoms. The molecule has 0 fully saturated rings. The normalized spacial score (nSPS) is 13.1. The quantitative estimate of drug-likeness (QED) is 0.811. The first-order chi connectivity index (χ1) is 8.44. The molecule has 0 saturated heterocycles. The summed E-state index contributed by atoms with van der Waals surface area (Å²) in [6.07, 6.45) is 2.52. The summed E-state index contributed by atoms with van der Waals surface area (Å²) in [5, 5.41) is 3.01. The molecule has 0 aliphatic heterocycles. The van der Waals surface area contributed by atoms with Crippen molar-refractivity contribution in [1.82, 2.24) is 5.32 Å². The molecule has 3 heteroatoms. The van der Waals surface area contributed by atoms with Gasteiger partial charge in [0, 0.05) is 5.54 Å². The van der Waals surface area contributed by atoms with Gasteiger partial charge in [-0.25, -0.2) is 0 Å². The number of benzene rings is 1. The number of carbonyl (C=O) groups excluding carboxylic acids is 1. The van der Waals surface area contributed by atoms with Crippen LogP contribution in [0.2, 0.25) is 0 Å². The van der Waals surface area contributed by atoms with Crippen molar-refractivity contribution in [2.75, 3.05) is 0 Å². The van der Waals surface area contributed by atoms with Crippen LogP contribution in [0, 0.1) is 0 Å². The Morgan fingerprint density at radius 3 is 2.50 bits per heavy atom. The molecule has 0 spiro atoms. The van der Waals surface area contributed by atoms with Gasteiger partial charge in [0.2, 0.25) is 5.91 Å². The van der Waals surface area contributed by atoms with E-state index in [1.807, 2.05) is 39.0 Å². The van der Waals surface area contributed by atoms with E-state index in [0.717, 1.165) is 12.8 Å². The maximum atomic E-state index is 11.8. The molecule has 0 aromatic heterocycles. The topological polar surface area (TPSA) is 55.1 Å². The van der Waals surface area contributed by atoms with Crippen molar-refractivity contribution in [2.24, 2.45) is 5.73 Å². The zero-order chi connectivity index (χ0) is 13.6. The zero-order valence-electron chi connectivity index (χ0n) is 11.6. The van der Waals surface area contributed by atoms with Crippen molar-refractivity contribution in [3.05, 3.63) is 35.9 Å². The van der Waals surface area contributed by atoms with E-state index in [1.54, 1.807) is 0 Å². The van der Waals surface area contributed by atoms with Crippen LogP contribution in [0.15, 0.2) is 30.3 Å². The van der Waals surface area contributed by atoms with Gasteiger partial charge in [0.05, 0.1) is 6.04 Å². The van der Waals surface area contributed by atoms with E-state index >= 15 is 0 Å². The van der Waals surface area contributed by atoms with Gasteiger partial charge in [-0.1, -0.05) is 37.3 Å². The maximum Gasteiger partial charge on any atom is 0.237 e. The molecule has 0 aliphatic rings. The van der Waals surface area contributed by atoms with Crippen molar-refractivity contribution in [1.29, 1.82) is 0 Å². The number of carbonyl (C=O) groups is 1. The molecular weight excluding hydrogens is 224 g/mol. The first-order valence-corrected chi connectivity index (χ1v) is 6.56. The fourth-order valence-electron chi connectivity index (χ4n) is 1.78. The van der Waals surface area contributed by atoms with Crippen LogP contribution in [0.4, 0.5) is 0 Å². The van der Waals surface area contributed by atoms with Crippen molar-refractivity contribution < 1.29 is 4.79 Å². The third-order valence-electron chi connectivity index (χ3n) is 3.12. The smallest absolute Gasteiger partial charge is 0.237 e. The largest absolute Gasteiger partial charge is 0.350 e. The van der Waals surface area contributed by atoms with Crippen LogP contribution in [-0.4, -0.2) is 17.5 Å². The van der Waals surface area contributed by atoms with Gasteiger partial charge in [0.1, 0.15) is 0 Å². The lowest BCUT2D eigenvalue weighted by molar-refractivity contribution is -0.124. The predicted molar refractivity (Wildman–Crippen MR) is 75.3 cm³/mol. The molecule has 3 nitrogen and oxygen atoms in total. The van der Waals surface area contributed by atoms with Gasteiger partial charge >= 0.3 is 0 Å². The highest BCUT2D eigenvalue weighted by Gasteiger charge is 2.22. The van der Waals surface area contributed by atoms with Gasteiger partial charge in [-0.15, -0.1) is 0 Å². The van der Waals surface area contributed by atoms with Crippen LogP contribution in [-0.2, 0) is 11.2 Å². The predicted octanol–water partition coefficient (Wildman–Crippen LogP) is 2.25. The zero-order valence-corrected chi connectivity index (χ0v) is 11.6. The second-order valence-corrected chi connectivity index (χ2v) is 5.37. The Balaban J connectivity index is 2.47. The minimum atomic E-state index is -0.402. The highest BCUT2D eigenvalue weighted by molar-refractivity contribution is 5.82. The third kappa shape index (κ3) is 4.88. The molecule has 0 heterocycles. The van der Waals surface area contributed by atoms with Crippen molar-refractivity contribution in [2.45, 2.75) is 51.6 Å². The summed E-state index contributed by atoms with van der Waals surface area (Å²) >= 11 is 0. The standard InChI is InChI=1S/C15H24N2O/c1-4-13(16)14(18)17-15(2,3)11-10-12-8-6-5-7-9-12/h5-9,13H,4,10-11,16H2,1-3H3,(H,17,18). The van der Waals surface area contributed by atoms with Gasteiger partial charge in [0.15, 0.2) is 0 Å². The van der Waals surface area contributed by atoms with Crippen LogP contribution < -0.4 is 11.1 Å². The minimum Gasteiger partial charge on any atom is -0.350 e. The molecule has 0 radical (unpaired) electrons. The lowest BCUT2D eigenvalue weighted by Gasteiger charge is -2.27. The molecule has 1 unspecified atom stereocenters. The van der Waals surface area contributed by atoms with Crippen LogP contribution >= 0.6 is 0 Å². The fraction of sp³-hybridized carbons (Fsp3) is 0.533. The van der Waals surface area contributed by atoms with Crippen LogP contribution in [0.25, 0.3) is 0 Å². The Labute approximate surface area is 110 Å². The van der Waals surface area contributed by atoms with Crippen LogP contribution in [0.1, 0.15) is 39.2 Å². The van der Waals surface area contributed by atoms with Crippen molar-refractivity contribution >= 4 is 5.91 Å². The molecule has 0 aliphatic carbocycles. The van der Waals surface area contributed by atoms with E-state index in [1.165, 1.54) is 5.56 Å². The summed E-state index contributed by atoms with van der Waals surface area (Å²) in [7, 11) is 0. The van der Waals surface area contributed by atoms with E-state index in [0.29, 0.717) is 6.42 Å². The Morgan fingerprint density at radius 2 is 1.94 bits per heavy atom. The molecular formula is C15H24N2O. The van der Waals surface area contributed by atoms with Crippen LogP contribution in [0.3, 0.4) is 0 Å². The molecule has 100 valence electrons. The average molecular weight is 248 g/mol. The lowest BCUT2D eigenvalue weighted by Crippen LogP contribution is -2.50. The van der Waals surface area contributed by atoms with E-state index in [9.17, 15) is 4.79 Å². The summed E-state index contributed by atoms with van der Waals surface area (Å²) in [6.45, 7) is 5.99. The Bertz CT molecular complexity index is 373. The first-order valence-electron chi connectivity index (χ1n) is 6.56. The molecule has 1 aromatic rings. The molecule has 0 saturated carbocycles. The third-order valence-corrected chi connectivity index (χ3v) is 3.12. The summed E-state index contributed by atoms with van der Waals surface area (Å²) in [6, 6.07) is 9.89. The Kier molecular flexibility index (Phi) is 5.35. The highest BCUT2D eigenvalue weighted by Crippen LogP contribution is 2.13. The number of nitrogens with one attached hydrogen (secondary N) is 1. The second-order valence-electron chi connectivity index (χ2n) is 5.37. The van der Waals surface area contributed by atoms with E-state index in [-0.39, 0.29) is 11.4 Å². The Morgan fingerprint density at radius 1 is 1.33 bits per heavy atom. The fourth-order valence-corrected chi connectivity index (χ4v) is 1.78. The van der Waals surface area contributed by atoms with Gasteiger partial charge in [0.25, 0.3) is 0 Å². The van der Waals surface area contributed by atoms with Crippen molar-refractivity contribution in [3.8, 4) is 0 Å². The monoisotopic (exact) mass is 248 g/mol. The molecule has 1 rings (SSSR count). The summed E-state index contributed by atoms with van der Waals surface area (Å²) < 4.78 is 0. The molecule has 1 amide bonds. The molecule has 18 heavy (non-hydrogen) atoms. The first kappa shape index (κ1) is 14.7. The molecule has 1 aromatic carbocycles. The molecule has 3 N–H and O–H groups in total. The number of hydrogen-bond donors (Lipinski definition) is 2.